The number of nitrogens with one attached hydrogen (secondary N) is 1. The van der Waals surface area contributed by atoms with Crippen molar-refractivity contribution >= 4 is 48.3 Å². The summed E-state index contributed by atoms with van der Waals surface area (Å²) in [6.07, 6.45) is 1.09. The van der Waals surface area contributed by atoms with Gasteiger partial charge in [0, 0.05) is 16.6 Å². The van der Waals surface area contributed by atoms with Gasteiger partial charge in [0.2, 0.25) is 21.1 Å². The zero-order valence-electron chi connectivity index (χ0n) is 16.1. The van der Waals surface area contributed by atoms with Gasteiger partial charge in [-0.2, -0.15) is 4.31 Å². The van der Waals surface area contributed by atoms with Gasteiger partial charge >= 0.3 is 0 Å². The zero-order chi connectivity index (χ0) is 21.3. The molecule has 30 heavy (non-hydrogen) atoms. The summed E-state index contributed by atoms with van der Waals surface area (Å²) in [4.78, 5) is 13.0. The van der Waals surface area contributed by atoms with Crippen molar-refractivity contribution in [2.24, 2.45) is 0 Å². The minimum absolute atomic E-state index is 0.169. The first-order valence-corrected chi connectivity index (χ1v) is 12.4. The first-order valence-electron chi connectivity index (χ1n) is 9.33. The van der Waals surface area contributed by atoms with E-state index >= 15 is 0 Å². The quantitative estimate of drug-likeness (QED) is 0.562. The van der Waals surface area contributed by atoms with E-state index in [-0.39, 0.29) is 10.8 Å². The average Bonchev–Trinajstić information content (AvgIpc) is 3.38. The smallest absolute Gasteiger partial charge is 0.244 e. The van der Waals surface area contributed by atoms with E-state index in [1.165, 1.54) is 27.8 Å². The number of sulfonamides is 1. The molecule has 0 bridgehead atoms. The molecule has 0 spiro atoms. The number of hydrogen-bond acceptors (Lipinski definition) is 6. The molecule has 1 aromatic heterocycles. The highest BCUT2D eigenvalue weighted by atomic mass is 79.9. The van der Waals surface area contributed by atoms with Crippen LogP contribution in [0.15, 0.2) is 57.9 Å². The number of amides is 1. The minimum Gasteiger partial charge on any atom is -0.299 e. The van der Waals surface area contributed by atoms with Crippen molar-refractivity contribution in [2.75, 3.05) is 11.9 Å². The van der Waals surface area contributed by atoms with Crippen LogP contribution in [0.25, 0.3) is 10.6 Å². The number of anilines is 1. The van der Waals surface area contributed by atoms with E-state index in [9.17, 15) is 13.2 Å². The molecule has 1 aliphatic rings. The summed E-state index contributed by atoms with van der Waals surface area (Å²) < 4.78 is 28.1. The molecule has 1 saturated heterocycles. The Morgan fingerprint density at radius 2 is 1.97 bits per heavy atom. The number of halogens is 1. The average molecular weight is 507 g/mol. The number of nitrogens with zero attached hydrogens (tertiary/aromatic N) is 3. The van der Waals surface area contributed by atoms with E-state index in [0.29, 0.717) is 29.5 Å². The highest BCUT2D eigenvalue weighted by molar-refractivity contribution is 9.10. The van der Waals surface area contributed by atoms with Gasteiger partial charge in [-0.25, -0.2) is 8.42 Å². The van der Waals surface area contributed by atoms with Crippen LogP contribution in [0.5, 0.6) is 0 Å². The van der Waals surface area contributed by atoms with Crippen LogP contribution >= 0.6 is 27.3 Å². The fraction of sp³-hybridized carbons (Fsp3) is 0.250. The molecule has 7 nitrogen and oxygen atoms in total. The fourth-order valence-corrected chi connectivity index (χ4v) is 6.05. The molecule has 2 heterocycles. The summed E-state index contributed by atoms with van der Waals surface area (Å²) >= 11 is 4.57. The summed E-state index contributed by atoms with van der Waals surface area (Å²) in [5.41, 5.74) is 2.03. The molecule has 1 aliphatic heterocycles. The Morgan fingerprint density at radius 3 is 2.70 bits per heavy atom. The van der Waals surface area contributed by atoms with E-state index in [2.05, 4.69) is 31.4 Å². The Kier molecular flexibility index (Phi) is 6.01. The predicted molar refractivity (Wildman–Crippen MR) is 120 cm³/mol. The molecule has 0 radical (unpaired) electrons. The molecule has 1 fully saturated rings. The first kappa shape index (κ1) is 21.1. The molecular formula is C20H19BrN4O3S2. The molecule has 1 atom stereocenters. The lowest BCUT2D eigenvalue weighted by Gasteiger charge is -2.23. The van der Waals surface area contributed by atoms with Gasteiger partial charge in [0.15, 0.2) is 0 Å². The maximum Gasteiger partial charge on any atom is 0.244 e. The number of carbonyl (C=O) groups excluding carboxylic acids is 1. The first-order chi connectivity index (χ1) is 14.3. The van der Waals surface area contributed by atoms with E-state index in [4.69, 9.17) is 0 Å². The second-order valence-corrected chi connectivity index (χ2v) is 10.8. The SMILES string of the molecule is Cc1cccc(-c2nnc(NC(=O)C3CCCN3S(=O)(=O)c3ccc(Br)cc3)s2)c1. The zero-order valence-corrected chi connectivity index (χ0v) is 19.3. The summed E-state index contributed by atoms with van der Waals surface area (Å²) in [5, 5.41) is 12.0. The Hall–Kier alpha value is -2.14. The van der Waals surface area contributed by atoms with Gasteiger partial charge in [-0.05, 0) is 50.1 Å². The normalized spacial score (nSPS) is 17.2. The van der Waals surface area contributed by atoms with Crippen LogP contribution in [0, 0.1) is 6.92 Å². The molecule has 1 unspecified atom stereocenters. The second-order valence-electron chi connectivity index (χ2n) is 7.00. The van der Waals surface area contributed by atoms with Crippen molar-refractivity contribution in [1.29, 1.82) is 0 Å². The maximum absolute atomic E-state index is 13.0. The number of benzene rings is 2. The van der Waals surface area contributed by atoms with Crippen LogP contribution in [0.3, 0.4) is 0 Å². The molecule has 4 rings (SSSR count). The van der Waals surface area contributed by atoms with Gasteiger partial charge < -0.3 is 0 Å². The standard InChI is InChI=1S/C20H19BrN4O3S2/c1-13-4-2-5-14(12-13)19-23-24-20(29-19)22-18(26)17-6-3-11-25(17)30(27,28)16-9-7-15(21)8-10-16/h2,4-5,7-10,12,17H,3,6,11H2,1H3,(H,22,24,26). The van der Waals surface area contributed by atoms with Crippen molar-refractivity contribution in [3.63, 3.8) is 0 Å². The second kappa shape index (κ2) is 8.54. The molecule has 0 aliphatic carbocycles. The third-order valence-electron chi connectivity index (χ3n) is 4.85. The molecule has 0 saturated carbocycles. The van der Waals surface area contributed by atoms with Gasteiger partial charge in [-0.3, -0.25) is 10.1 Å². The van der Waals surface area contributed by atoms with E-state index < -0.39 is 16.1 Å². The van der Waals surface area contributed by atoms with Gasteiger partial charge in [-0.15, -0.1) is 10.2 Å². The van der Waals surface area contributed by atoms with E-state index in [1.54, 1.807) is 12.1 Å². The molecule has 1 N–H and O–H groups in total. The number of aryl methyl sites for hydroxylation is 1. The van der Waals surface area contributed by atoms with E-state index in [1.807, 2.05) is 31.2 Å². The Labute approximate surface area is 187 Å². The maximum atomic E-state index is 13.0. The Balaban J connectivity index is 1.51. The number of hydrogen-bond donors (Lipinski definition) is 1. The van der Waals surface area contributed by atoms with Gasteiger partial charge in [0.05, 0.1) is 4.90 Å². The van der Waals surface area contributed by atoms with Crippen molar-refractivity contribution in [3.8, 4) is 10.6 Å². The number of carbonyl (C=O) groups is 1. The Bertz CT molecular complexity index is 1180. The highest BCUT2D eigenvalue weighted by Gasteiger charge is 2.39. The molecule has 1 amide bonds. The lowest BCUT2D eigenvalue weighted by atomic mass is 10.1. The van der Waals surface area contributed by atoms with Crippen LogP contribution in [-0.4, -0.2) is 41.4 Å². The lowest BCUT2D eigenvalue weighted by Crippen LogP contribution is -2.43. The molecule has 10 heteroatoms. The third-order valence-corrected chi connectivity index (χ3v) is 8.19. The van der Waals surface area contributed by atoms with Crippen LogP contribution in [0.2, 0.25) is 0 Å². The molecule has 2 aromatic carbocycles. The molecule has 3 aromatic rings. The summed E-state index contributed by atoms with van der Waals surface area (Å²) in [5.74, 6) is -0.389. The lowest BCUT2D eigenvalue weighted by molar-refractivity contribution is -0.119. The van der Waals surface area contributed by atoms with Gasteiger partial charge in [0.1, 0.15) is 11.0 Å². The van der Waals surface area contributed by atoms with Gasteiger partial charge in [0.25, 0.3) is 0 Å². The van der Waals surface area contributed by atoms with Crippen LogP contribution in [0.1, 0.15) is 18.4 Å². The van der Waals surface area contributed by atoms with Gasteiger partial charge in [-0.1, -0.05) is 51.0 Å². The minimum atomic E-state index is -3.77. The summed E-state index contributed by atoms with van der Waals surface area (Å²) in [6, 6.07) is 13.5. The van der Waals surface area contributed by atoms with Crippen molar-refractivity contribution in [1.82, 2.24) is 14.5 Å². The number of rotatable bonds is 5. The van der Waals surface area contributed by atoms with Crippen molar-refractivity contribution in [3.05, 3.63) is 58.6 Å². The van der Waals surface area contributed by atoms with Crippen LogP contribution < -0.4 is 5.32 Å². The topological polar surface area (TPSA) is 92.3 Å². The Morgan fingerprint density at radius 1 is 1.20 bits per heavy atom. The number of aromatic nitrogens is 2. The third kappa shape index (κ3) is 4.31. The van der Waals surface area contributed by atoms with E-state index in [0.717, 1.165) is 15.6 Å². The molecule has 156 valence electrons. The monoisotopic (exact) mass is 506 g/mol. The van der Waals surface area contributed by atoms with Crippen molar-refractivity contribution in [2.45, 2.75) is 30.7 Å². The molecular weight excluding hydrogens is 488 g/mol. The van der Waals surface area contributed by atoms with Crippen LogP contribution in [0.4, 0.5) is 5.13 Å². The summed E-state index contributed by atoms with van der Waals surface area (Å²) in [7, 11) is -3.77. The largest absolute Gasteiger partial charge is 0.299 e. The fourth-order valence-electron chi connectivity index (χ4n) is 3.39. The van der Waals surface area contributed by atoms with Crippen molar-refractivity contribution < 1.29 is 13.2 Å². The highest BCUT2D eigenvalue weighted by Crippen LogP contribution is 2.30. The predicted octanol–water partition coefficient (Wildman–Crippen LogP) is 4.07. The summed E-state index contributed by atoms with van der Waals surface area (Å²) in [6.45, 7) is 2.30. The van der Waals surface area contributed by atoms with Crippen LogP contribution in [-0.2, 0) is 14.8 Å².